The molecule has 2 heterocycles. The Kier molecular flexibility index (Phi) is 8.23. The Hall–Kier alpha value is -3.84. The molecule has 0 radical (unpaired) electrons. The van der Waals surface area contributed by atoms with Gasteiger partial charge in [0.25, 0.3) is 5.56 Å². The zero-order valence-electron chi connectivity index (χ0n) is 21.5. The molecule has 4 aromatic rings. The Bertz CT molecular complexity index is 1340. The Balaban J connectivity index is 0.00000148. The molecule has 0 amide bonds. The van der Waals surface area contributed by atoms with Crippen LogP contribution in [0.15, 0.2) is 71.5 Å². The SMILES string of the molecule is CC.COc1ccc(CNc2nc3ccc(C)cc3c(=O)n2-c2ccc(N3CCOCC3)cc2)cc1. The summed E-state index contributed by atoms with van der Waals surface area (Å²) in [4.78, 5) is 20.7. The molecule has 3 aromatic carbocycles. The zero-order valence-corrected chi connectivity index (χ0v) is 21.5. The van der Waals surface area contributed by atoms with Gasteiger partial charge in [-0.05, 0) is 61.0 Å². The maximum Gasteiger partial charge on any atom is 0.267 e. The number of rotatable bonds is 6. The van der Waals surface area contributed by atoms with E-state index in [0.29, 0.717) is 23.4 Å². The Morgan fingerprint density at radius 1 is 0.944 bits per heavy atom. The van der Waals surface area contributed by atoms with Crippen molar-refractivity contribution in [1.82, 2.24) is 9.55 Å². The lowest BCUT2D eigenvalue weighted by atomic mass is 10.1. The van der Waals surface area contributed by atoms with Crippen molar-refractivity contribution in [3.8, 4) is 11.4 Å². The van der Waals surface area contributed by atoms with Crippen LogP contribution in [-0.2, 0) is 11.3 Å². The number of morpholine rings is 1. The standard InChI is InChI=1S/C27H28N4O3.C2H6/c1-19-3-12-25-24(17-19)26(32)31(22-8-6-21(7-9-22)30-13-15-34-16-14-30)27(29-25)28-18-20-4-10-23(33-2)11-5-20;1-2/h3-12,17H,13-16,18H2,1-2H3,(H,28,29);1-2H3. The van der Waals surface area contributed by atoms with Crippen LogP contribution in [0.3, 0.4) is 0 Å². The molecular formula is C29H34N4O3. The van der Waals surface area contributed by atoms with Gasteiger partial charge < -0.3 is 19.7 Å². The van der Waals surface area contributed by atoms with Gasteiger partial charge in [-0.1, -0.05) is 37.6 Å². The van der Waals surface area contributed by atoms with E-state index in [4.69, 9.17) is 14.5 Å². The highest BCUT2D eigenvalue weighted by atomic mass is 16.5. The highest BCUT2D eigenvalue weighted by Crippen LogP contribution is 2.22. The first-order chi connectivity index (χ1) is 17.6. The molecule has 0 spiro atoms. The number of methoxy groups -OCH3 is 1. The second kappa shape index (κ2) is 11.7. The van der Waals surface area contributed by atoms with Crippen LogP contribution in [0.2, 0.25) is 0 Å². The second-order valence-corrected chi connectivity index (χ2v) is 8.41. The minimum Gasteiger partial charge on any atom is -0.497 e. The number of nitrogens with one attached hydrogen (secondary N) is 1. The number of benzene rings is 3. The quantitative estimate of drug-likeness (QED) is 0.405. The van der Waals surface area contributed by atoms with Crippen molar-refractivity contribution in [2.45, 2.75) is 27.3 Å². The fraction of sp³-hybridized carbons (Fsp3) is 0.310. The molecule has 0 atom stereocenters. The topological polar surface area (TPSA) is 68.6 Å². The number of hydrogen-bond acceptors (Lipinski definition) is 6. The molecule has 1 aliphatic heterocycles. The predicted octanol–water partition coefficient (Wildman–Crippen LogP) is 5.18. The van der Waals surface area contributed by atoms with Crippen molar-refractivity contribution in [2.24, 2.45) is 0 Å². The number of aryl methyl sites for hydroxylation is 1. The molecule has 5 rings (SSSR count). The summed E-state index contributed by atoms with van der Waals surface area (Å²) in [6, 6.07) is 21.7. The molecule has 1 fully saturated rings. The van der Waals surface area contributed by atoms with Crippen LogP contribution >= 0.6 is 0 Å². The number of ether oxygens (including phenoxy) is 2. The summed E-state index contributed by atoms with van der Waals surface area (Å²) < 4.78 is 12.4. The fourth-order valence-corrected chi connectivity index (χ4v) is 4.22. The third kappa shape index (κ3) is 5.52. The summed E-state index contributed by atoms with van der Waals surface area (Å²) in [5, 5.41) is 3.98. The Labute approximate surface area is 212 Å². The molecule has 1 saturated heterocycles. The smallest absolute Gasteiger partial charge is 0.267 e. The number of nitrogens with zero attached hydrogens (tertiary/aromatic N) is 3. The lowest BCUT2D eigenvalue weighted by molar-refractivity contribution is 0.122. The molecule has 7 nitrogen and oxygen atoms in total. The van der Waals surface area contributed by atoms with Crippen molar-refractivity contribution in [2.75, 3.05) is 43.6 Å². The van der Waals surface area contributed by atoms with Crippen LogP contribution in [0.25, 0.3) is 16.6 Å². The molecule has 7 heteroatoms. The predicted molar refractivity (Wildman–Crippen MR) is 147 cm³/mol. The molecule has 0 bridgehead atoms. The lowest BCUT2D eigenvalue weighted by Gasteiger charge is -2.29. The first-order valence-electron chi connectivity index (χ1n) is 12.5. The Morgan fingerprint density at radius 2 is 1.61 bits per heavy atom. The zero-order chi connectivity index (χ0) is 25.5. The van der Waals surface area contributed by atoms with Gasteiger partial charge >= 0.3 is 0 Å². The van der Waals surface area contributed by atoms with Crippen LogP contribution in [0, 0.1) is 6.92 Å². The third-order valence-corrected chi connectivity index (χ3v) is 6.12. The van der Waals surface area contributed by atoms with Crippen LogP contribution in [0.5, 0.6) is 5.75 Å². The van der Waals surface area contributed by atoms with Gasteiger partial charge in [0.2, 0.25) is 5.95 Å². The van der Waals surface area contributed by atoms with Crippen molar-refractivity contribution < 1.29 is 9.47 Å². The number of aromatic nitrogens is 2. The number of fused-ring (bicyclic) bond motifs is 1. The average Bonchev–Trinajstić information content (AvgIpc) is 2.94. The van der Waals surface area contributed by atoms with E-state index in [9.17, 15) is 4.79 Å². The first kappa shape index (κ1) is 25.3. The fourth-order valence-electron chi connectivity index (χ4n) is 4.22. The van der Waals surface area contributed by atoms with E-state index in [1.54, 1.807) is 11.7 Å². The van der Waals surface area contributed by atoms with Gasteiger partial charge in [0.1, 0.15) is 5.75 Å². The minimum absolute atomic E-state index is 0.0925. The van der Waals surface area contributed by atoms with Crippen LogP contribution in [0.1, 0.15) is 25.0 Å². The van der Waals surface area contributed by atoms with Gasteiger partial charge in [-0.3, -0.25) is 4.79 Å². The van der Waals surface area contributed by atoms with E-state index in [1.165, 1.54) is 0 Å². The van der Waals surface area contributed by atoms with Crippen LogP contribution in [-0.4, -0.2) is 43.0 Å². The normalized spacial score (nSPS) is 13.2. The minimum atomic E-state index is -0.0925. The maximum atomic E-state index is 13.6. The van der Waals surface area contributed by atoms with Crippen LogP contribution in [0.4, 0.5) is 11.6 Å². The molecule has 1 N–H and O–H groups in total. The summed E-state index contributed by atoms with van der Waals surface area (Å²) in [6.45, 7) is 9.70. The van der Waals surface area contributed by atoms with Gasteiger partial charge in [-0.2, -0.15) is 0 Å². The molecular weight excluding hydrogens is 452 g/mol. The molecule has 1 aliphatic rings. The summed E-state index contributed by atoms with van der Waals surface area (Å²) in [5.74, 6) is 1.32. The van der Waals surface area contributed by atoms with Gasteiger partial charge in [0.15, 0.2) is 0 Å². The third-order valence-electron chi connectivity index (χ3n) is 6.12. The molecule has 36 heavy (non-hydrogen) atoms. The largest absolute Gasteiger partial charge is 0.497 e. The second-order valence-electron chi connectivity index (χ2n) is 8.41. The number of anilines is 2. The highest BCUT2D eigenvalue weighted by molar-refractivity contribution is 5.80. The van der Waals surface area contributed by atoms with Crippen molar-refractivity contribution in [1.29, 1.82) is 0 Å². The van der Waals surface area contributed by atoms with Crippen molar-refractivity contribution in [3.63, 3.8) is 0 Å². The highest BCUT2D eigenvalue weighted by Gasteiger charge is 2.15. The Morgan fingerprint density at radius 3 is 2.28 bits per heavy atom. The van der Waals surface area contributed by atoms with Gasteiger partial charge in [-0.15, -0.1) is 0 Å². The number of hydrogen-bond donors (Lipinski definition) is 1. The van der Waals surface area contributed by atoms with Crippen molar-refractivity contribution >= 4 is 22.5 Å². The molecule has 0 saturated carbocycles. The summed E-state index contributed by atoms with van der Waals surface area (Å²) in [7, 11) is 1.65. The van der Waals surface area contributed by atoms with E-state index in [2.05, 4.69) is 22.3 Å². The first-order valence-corrected chi connectivity index (χ1v) is 12.5. The molecule has 0 aliphatic carbocycles. The van der Waals surface area contributed by atoms with E-state index < -0.39 is 0 Å². The van der Waals surface area contributed by atoms with Gasteiger partial charge in [-0.25, -0.2) is 9.55 Å². The molecule has 0 unspecified atom stereocenters. The average molecular weight is 487 g/mol. The summed E-state index contributed by atoms with van der Waals surface area (Å²) in [6.07, 6.45) is 0. The molecule has 1 aromatic heterocycles. The van der Waals surface area contributed by atoms with E-state index in [0.717, 1.165) is 54.6 Å². The molecule has 188 valence electrons. The summed E-state index contributed by atoms with van der Waals surface area (Å²) >= 11 is 0. The lowest BCUT2D eigenvalue weighted by Crippen LogP contribution is -2.36. The van der Waals surface area contributed by atoms with Gasteiger partial charge in [0, 0.05) is 25.3 Å². The van der Waals surface area contributed by atoms with Gasteiger partial charge in [0.05, 0.1) is 36.9 Å². The van der Waals surface area contributed by atoms with Crippen molar-refractivity contribution in [3.05, 3.63) is 88.2 Å². The summed E-state index contributed by atoms with van der Waals surface area (Å²) in [5.41, 5.74) is 4.57. The van der Waals surface area contributed by atoms with E-state index in [-0.39, 0.29) is 5.56 Å². The van der Waals surface area contributed by atoms with E-state index >= 15 is 0 Å². The van der Waals surface area contributed by atoms with Crippen LogP contribution < -0.4 is 20.5 Å². The van der Waals surface area contributed by atoms with E-state index in [1.807, 2.05) is 75.4 Å². The maximum absolute atomic E-state index is 13.6. The monoisotopic (exact) mass is 486 g/mol.